The number of fused-ring (bicyclic) bond motifs is 1. The second-order valence-electron chi connectivity index (χ2n) is 6.74. The van der Waals surface area contributed by atoms with E-state index in [4.69, 9.17) is 11.6 Å². The van der Waals surface area contributed by atoms with Crippen molar-refractivity contribution in [2.24, 2.45) is 0 Å². The van der Waals surface area contributed by atoms with Gasteiger partial charge in [-0.2, -0.15) is 0 Å². The number of imidazole rings is 1. The zero-order valence-corrected chi connectivity index (χ0v) is 17.6. The summed E-state index contributed by atoms with van der Waals surface area (Å²) in [5, 5.41) is 3.62. The zero-order chi connectivity index (χ0) is 21.1. The summed E-state index contributed by atoms with van der Waals surface area (Å²) in [5.74, 6) is -0.258. The zero-order valence-electron chi connectivity index (χ0n) is 16.1. The number of nitrogens with one attached hydrogen (secondary N) is 2. The molecule has 0 aliphatic heterocycles. The first-order chi connectivity index (χ1) is 14.5. The van der Waals surface area contributed by atoms with Gasteiger partial charge in [0.15, 0.2) is 10.9 Å². The molecule has 0 aliphatic rings. The van der Waals surface area contributed by atoms with Gasteiger partial charge in [-0.15, -0.1) is 0 Å². The number of rotatable bonds is 6. The molecule has 0 radical (unpaired) electrons. The third kappa shape index (κ3) is 4.56. The van der Waals surface area contributed by atoms with Crippen LogP contribution < -0.4 is 5.32 Å². The lowest BCUT2D eigenvalue weighted by Gasteiger charge is -2.16. The first-order valence-corrected chi connectivity index (χ1v) is 10.5. The fraction of sp³-hybridized carbons (Fsp3) is 0.0870. The molecule has 4 aromatic rings. The number of hydrogen-bond donors (Lipinski definition) is 2. The van der Waals surface area contributed by atoms with E-state index in [2.05, 4.69) is 15.3 Å². The Labute approximate surface area is 182 Å². The molecule has 0 fully saturated rings. The van der Waals surface area contributed by atoms with Crippen molar-refractivity contribution in [3.05, 3.63) is 88.9 Å². The summed E-state index contributed by atoms with van der Waals surface area (Å²) in [6.45, 7) is 1.50. The summed E-state index contributed by atoms with van der Waals surface area (Å²) in [4.78, 5) is 32.6. The van der Waals surface area contributed by atoms with Crippen molar-refractivity contribution in [1.29, 1.82) is 0 Å². The Morgan fingerprint density at radius 3 is 2.60 bits per heavy atom. The second-order valence-corrected chi connectivity index (χ2v) is 8.27. The molecule has 2 N–H and O–H groups in total. The van der Waals surface area contributed by atoms with Crippen molar-refractivity contribution in [2.45, 2.75) is 17.3 Å². The Kier molecular flexibility index (Phi) is 5.88. The number of carbonyl (C=O) groups is 2. The van der Waals surface area contributed by atoms with Crippen LogP contribution in [0.4, 0.5) is 5.69 Å². The van der Waals surface area contributed by atoms with Crippen molar-refractivity contribution >= 4 is 51.8 Å². The maximum Gasteiger partial charge on any atom is 0.242 e. The van der Waals surface area contributed by atoms with Gasteiger partial charge in [0, 0.05) is 16.3 Å². The molecular formula is C23H18ClN3O2S. The van der Waals surface area contributed by atoms with Gasteiger partial charge in [-0.25, -0.2) is 4.98 Å². The van der Waals surface area contributed by atoms with Gasteiger partial charge in [-0.3, -0.25) is 9.59 Å². The Bertz CT molecular complexity index is 1220. The maximum atomic E-state index is 13.2. The highest BCUT2D eigenvalue weighted by atomic mass is 35.5. The number of H-pyrrole nitrogens is 1. The number of aromatic nitrogens is 2. The van der Waals surface area contributed by atoms with Crippen molar-refractivity contribution in [3.63, 3.8) is 0 Å². The number of Topliss-reactive ketones (excluding diaryl/α,β-unsaturated/α-hetero) is 1. The van der Waals surface area contributed by atoms with Gasteiger partial charge in [0.25, 0.3) is 0 Å². The molecule has 1 aromatic heterocycles. The minimum Gasteiger partial charge on any atom is -0.333 e. The van der Waals surface area contributed by atoms with E-state index in [0.29, 0.717) is 21.4 Å². The predicted molar refractivity (Wildman–Crippen MR) is 121 cm³/mol. The molecule has 3 aromatic carbocycles. The summed E-state index contributed by atoms with van der Waals surface area (Å²) in [5.41, 5.74) is 3.56. The summed E-state index contributed by atoms with van der Waals surface area (Å²) < 4.78 is 0. The topological polar surface area (TPSA) is 74.8 Å². The number of halogens is 1. The van der Waals surface area contributed by atoms with Crippen LogP contribution in [0, 0.1) is 0 Å². The van der Waals surface area contributed by atoms with Crippen LogP contribution in [0.15, 0.2) is 78.0 Å². The number of aromatic amines is 1. The molecule has 7 heteroatoms. The van der Waals surface area contributed by atoms with E-state index >= 15 is 0 Å². The first kappa shape index (κ1) is 20.2. The SMILES string of the molecule is CC(=O)c1cccc(NC(=O)[C@@H](Sc2nc3ccc(Cl)cc3[nH]2)c2ccccc2)c1. The van der Waals surface area contributed by atoms with Gasteiger partial charge < -0.3 is 10.3 Å². The van der Waals surface area contributed by atoms with Crippen molar-refractivity contribution in [2.75, 3.05) is 5.32 Å². The first-order valence-electron chi connectivity index (χ1n) is 9.28. The van der Waals surface area contributed by atoms with Crippen molar-refractivity contribution < 1.29 is 9.59 Å². The molecule has 150 valence electrons. The van der Waals surface area contributed by atoms with Crippen LogP contribution >= 0.6 is 23.4 Å². The molecule has 1 heterocycles. The number of thioether (sulfide) groups is 1. The molecule has 0 unspecified atom stereocenters. The third-order valence-electron chi connectivity index (χ3n) is 4.53. The summed E-state index contributed by atoms with van der Waals surface area (Å²) in [6, 6.07) is 21.8. The lowest BCUT2D eigenvalue weighted by Crippen LogP contribution is -2.19. The van der Waals surface area contributed by atoms with Crippen molar-refractivity contribution in [1.82, 2.24) is 9.97 Å². The quantitative estimate of drug-likeness (QED) is 0.292. The molecular weight excluding hydrogens is 418 g/mol. The second kappa shape index (κ2) is 8.73. The molecule has 0 saturated heterocycles. The normalized spacial score (nSPS) is 11.9. The average Bonchev–Trinajstić information content (AvgIpc) is 3.14. The molecule has 0 saturated carbocycles. The Morgan fingerprint density at radius 1 is 1.03 bits per heavy atom. The summed E-state index contributed by atoms with van der Waals surface area (Å²) in [7, 11) is 0. The highest BCUT2D eigenvalue weighted by Crippen LogP contribution is 2.36. The third-order valence-corrected chi connectivity index (χ3v) is 5.90. The van der Waals surface area contributed by atoms with Crippen LogP contribution in [-0.2, 0) is 4.79 Å². The molecule has 1 amide bonds. The monoisotopic (exact) mass is 435 g/mol. The van der Waals surface area contributed by atoms with Gasteiger partial charge in [-0.1, -0.05) is 65.8 Å². The highest BCUT2D eigenvalue weighted by molar-refractivity contribution is 8.00. The molecule has 4 rings (SSSR count). The minimum absolute atomic E-state index is 0.0546. The number of hydrogen-bond acceptors (Lipinski definition) is 4. The van der Waals surface area contributed by atoms with Crippen LogP contribution in [0.5, 0.6) is 0 Å². The average molecular weight is 436 g/mol. The standard InChI is InChI=1S/C23H18ClN3O2S/c1-14(28)16-8-5-9-18(12-16)25-22(29)21(15-6-3-2-4-7-15)30-23-26-19-11-10-17(24)13-20(19)27-23/h2-13,21H,1H3,(H,25,29)(H,26,27)/t21-/m0/s1. The van der Waals surface area contributed by atoms with E-state index in [1.54, 1.807) is 36.4 Å². The van der Waals surface area contributed by atoms with E-state index in [1.807, 2.05) is 36.4 Å². The fourth-order valence-electron chi connectivity index (χ4n) is 3.05. The van der Waals surface area contributed by atoms with Crippen LogP contribution in [0.1, 0.15) is 28.1 Å². The molecule has 0 spiro atoms. The number of amides is 1. The van der Waals surface area contributed by atoms with E-state index < -0.39 is 5.25 Å². The van der Waals surface area contributed by atoms with Crippen molar-refractivity contribution in [3.8, 4) is 0 Å². The van der Waals surface area contributed by atoms with Gasteiger partial charge >= 0.3 is 0 Å². The molecule has 0 aliphatic carbocycles. The Hall–Kier alpha value is -3.09. The fourth-order valence-corrected chi connectivity index (χ4v) is 4.22. The van der Waals surface area contributed by atoms with Crippen LogP contribution in [-0.4, -0.2) is 21.7 Å². The lowest BCUT2D eigenvalue weighted by atomic mass is 10.1. The maximum absolute atomic E-state index is 13.2. The van der Waals surface area contributed by atoms with Gasteiger partial charge in [0.05, 0.1) is 11.0 Å². The van der Waals surface area contributed by atoms with E-state index in [9.17, 15) is 9.59 Å². The van der Waals surface area contributed by atoms with Crippen LogP contribution in [0.25, 0.3) is 11.0 Å². The van der Waals surface area contributed by atoms with Crippen LogP contribution in [0.2, 0.25) is 5.02 Å². The molecule has 1 atom stereocenters. The summed E-state index contributed by atoms with van der Waals surface area (Å²) >= 11 is 7.39. The number of ketones is 1. The van der Waals surface area contributed by atoms with E-state index in [1.165, 1.54) is 18.7 Å². The van der Waals surface area contributed by atoms with Gasteiger partial charge in [0.1, 0.15) is 5.25 Å². The largest absolute Gasteiger partial charge is 0.333 e. The Balaban J connectivity index is 1.63. The van der Waals surface area contributed by atoms with E-state index in [-0.39, 0.29) is 11.7 Å². The predicted octanol–water partition coefficient (Wildman–Crippen LogP) is 5.89. The molecule has 0 bridgehead atoms. The number of nitrogens with zero attached hydrogens (tertiary/aromatic N) is 1. The number of carbonyl (C=O) groups excluding carboxylic acids is 2. The smallest absolute Gasteiger partial charge is 0.242 e. The van der Waals surface area contributed by atoms with E-state index in [0.717, 1.165) is 16.6 Å². The number of benzene rings is 3. The van der Waals surface area contributed by atoms with Gasteiger partial charge in [0.2, 0.25) is 5.91 Å². The minimum atomic E-state index is -0.539. The van der Waals surface area contributed by atoms with Crippen LogP contribution in [0.3, 0.4) is 0 Å². The Morgan fingerprint density at radius 2 is 1.83 bits per heavy atom. The van der Waals surface area contributed by atoms with Gasteiger partial charge in [-0.05, 0) is 42.8 Å². The molecule has 5 nitrogen and oxygen atoms in total. The highest BCUT2D eigenvalue weighted by Gasteiger charge is 2.24. The summed E-state index contributed by atoms with van der Waals surface area (Å²) in [6.07, 6.45) is 0. The molecule has 30 heavy (non-hydrogen) atoms. The lowest BCUT2D eigenvalue weighted by molar-refractivity contribution is -0.115. The number of anilines is 1.